The molecule has 0 amide bonds. The summed E-state index contributed by atoms with van der Waals surface area (Å²) < 4.78 is 0. The summed E-state index contributed by atoms with van der Waals surface area (Å²) in [5, 5.41) is 11.6. The van der Waals surface area contributed by atoms with Gasteiger partial charge in [-0.05, 0) is 75.5 Å². The zero-order valence-corrected chi connectivity index (χ0v) is 12.8. The van der Waals surface area contributed by atoms with Gasteiger partial charge < -0.3 is 5.11 Å². The number of nitrogens with zero attached hydrogens (tertiary/aromatic N) is 1. The fraction of sp³-hybridized carbons (Fsp3) is 0.824. The highest BCUT2D eigenvalue weighted by atomic mass is 32.1. The molecule has 4 saturated carbocycles. The first-order chi connectivity index (χ1) is 9.72. The van der Waals surface area contributed by atoms with E-state index in [4.69, 9.17) is 4.98 Å². The van der Waals surface area contributed by atoms with E-state index in [1.165, 1.54) is 54.1 Å². The van der Waals surface area contributed by atoms with E-state index in [1.807, 2.05) is 11.3 Å². The Morgan fingerprint density at radius 1 is 1.05 bits per heavy atom. The maximum Gasteiger partial charge on any atom is 0.0994 e. The topological polar surface area (TPSA) is 33.1 Å². The van der Waals surface area contributed by atoms with Gasteiger partial charge in [0.15, 0.2) is 0 Å². The molecule has 1 unspecified atom stereocenters. The molecule has 4 fully saturated rings. The third-order valence-corrected chi connectivity index (χ3v) is 7.86. The van der Waals surface area contributed by atoms with Crippen LogP contribution in [0.5, 0.6) is 0 Å². The Morgan fingerprint density at radius 2 is 1.70 bits per heavy atom. The Hall–Kier alpha value is -0.410. The van der Waals surface area contributed by atoms with Crippen LogP contribution >= 0.6 is 11.3 Å². The third-order valence-electron chi connectivity index (χ3n) is 6.41. The summed E-state index contributed by atoms with van der Waals surface area (Å²) in [6.45, 7) is 0. The van der Waals surface area contributed by atoms with Crippen LogP contribution in [0.2, 0.25) is 0 Å². The van der Waals surface area contributed by atoms with Gasteiger partial charge in [-0.2, -0.15) is 0 Å². The molecule has 0 spiro atoms. The van der Waals surface area contributed by atoms with Gasteiger partial charge in [-0.1, -0.05) is 0 Å². The number of thiazole rings is 1. The normalized spacial score (nSPS) is 45.6. The predicted octanol–water partition coefficient (Wildman–Crippen LogP) is 3.98. The number of aliphatic hydroxyl groups excluding tert-OH is 1. The molecule has 1 aromatic rings. The van der Waals surface area contributed by atoms with Gasteiger partial charge in [0.1, 0.15) is 0 Å². The third kappa shape index (κ3) is 1.62. The minimum absolute atomic E-state index is 0.223. The van der Waals surface area contributed by atoms with Crippen LogP contribution in [0, 0.1) is 17.8 Å². The molecule has 1 heterocycles. The van der Waals surface area contributed by atoms with Crippen LogP contribution in [0.4, 0.5) is 0 Å². The van der Waals surface area contributed by atoms with Crippen molar-refractivity contribution in [1.29, 1.82) is 0 Å². The van der Waals surface area contributed by atoms with Crippen molar-refractivity contribution >= 4 is 11.3 Å². The van der Waals surface area contributed by atoms with Gasteiger partial charge in [0.2, 0.25) is 0 Å². The van der Waals surface area contributed by atoms with Crippen molar-refractivity contribution in [3.8, 4) is 0 Å². The average Bonchev–Trinajstić information content (AvgIpc) is 2.83. The van der Waals surface area contributed by atoms with Crippen molar-refractivity contribution in [2.24, 2.45) is 17.8 Å². The summed E-state index contributed by atoms with van der Waals surface area (Å²) in [6, 6.07) is 0. The number of hydrogen-bond donors (Lipinski definition) is 1. The van der Waals surface area contributed by atoms with Gasteiger partial charge >= 0.3 is 0 Å². The van der Waals surface area contributed by atoms with E-state index < -0.39 is 0 Å². The Morgan fingerprint density at radius 3 is 2.30 bits per heavy atom. The van der Waals surface area contributed by atoms with Gasteiger partial charge in [0.25, 0.3) is 0 Å². The van der Waals surface area contributed by atoms with Crippen molar-refractivity contribution in [2.45, 2.75) is 69.3 Å². The standard InChI is InChI=1S/C17H23NOS/c19-14-3-1-2-13-15(14)20-16(18-13)17-7-10-4-11(8-17)6-12(5-10)9-17/h10-12,14,19H,1-9H2. The zero-order chi connectivity index (χ0) is 13.3. The Balaban J connectivity index is 1.56. The van der Waals surface area contributed by atoms with Gasteiger partial charge in [-0.15, -0.1) is 11.3 Å². The van der Waals surface area contributed by atoms with Gasteiger partial charge in [0.05, 0.1) is 21.7 Å². The van der Waals surface area contributed by atoms with E-state index in [-0.39, 0.29) is 6.10 Å². The number of aryl methyl sites for hydroxylation is 1. The predicted molar refractivity (Wildman–Crippen MR) is 79.9 cm³/mol. The molecule has 4 bridgehead atoms. The molecule has 0 aliphatic heterocycles. The first-order valence-corrected chi connectivity index (χ1v) is 9.22. The molecule has 3 heteroatoms. The second kappa shape index (κ2) is 4.07. The van der Waals surface area contributed by atoms with Crippen LogP contribution in [0.15, 0.2) is 0 Å². The van der Waals surface area contributed by atoms with Gasteiger partial charge in [-0.3, -0.25) is 0 Å². The molecular weight excluding hydrogens is 266 g/mol. The Kier molecular flexibility index (Phi) is 2.48. The zero-order valence-electron chi connectivity index (χ0n) is 12.0. The van der Waals surface area contributed by atoms with E-state index in [1.54, 1.807) is 0 Å². The smallest absolute Gasteiger partial charge is 0.0994 e. The van der Waals surface area contributed by atoms with Crippen molar-refractivity contribution in [3.63, 3.8) is 0 Å². The number of aromatic nitrogens is 1. The molecule has 5 aliphatic carbocycles. The van der Waals surface area contributed by atoms with E-state index in [0.717, 1.165) is 37.0 Å². The van der Waals surface area contributed by atoms with Crippen LogP contribution < -0.4 is 0 Å². The van der Waals surface area contributed by atoms with Crippen LogP contribution in [0.3, 0.4) is 0 Å². The van der Waals surface area contributed by atoms with E-state index in [0.29, 0.717) is 5.41 Å². The number of hydrogen-bond acceptors (Lipinski definition) is 3. The number of aliphatic hydroxyl groups is 1. The number of rotatable bonds is 1. The molecule has 2 nitrogen and oxygen atoms in total. The number of fused-ring (bicyclic) bond motifs is 1. The lowest BCUT2D eigenvalue weighted by molar-refractivity contribution is -0.00533. The molecule has 108 valence electrons. The van der Waals surface area contributed by atoms with Crippen molar-refractivity contribution in [3.05, 3.63) is 15.6 Å². The lowest BCUT2D eigenvalue weighted by Crippen LogP contribution is -2.48. The Labute approximate surface area is 124 Å². The SMILES string of the molecule is OC1CCCc2nc(C34CC5CC(CC(C5)C3)C4)sc21. The minimum atomic E-state index is -0.223. The van der Waals surface area contributed by atoms with Crippen LogP contribution in [0.25, 0.3) is 0 Å². The van der Waals surface area contributed by atoms with Crippen molar-refractivity contribution in [2.75, 3.05) is 0 Å². The maximum absolute atomic E-state index is 10.2. The van der Waals surface area contributed by atoms with E-state index in [9.17, 15) is 5.11 Å². The first kappa shape index (κ1) is 12.2. The van der Waals surface area contributed by atoms with Crippen LogP contribution in [-0.2, 0) is 11.8 Å². The maximum atomic E-state index is 10.2. The van der Waals surface area contributed by atoms with Crippen LogP contribution in [0.1, 0.15) is 73.0 Å². The summed E-state index contributed by atoms with van der Waals surface area (Å²) in [5.74, 6) is 2.94. The molecule has 1 aromatic heterocycles. The molecule has 20 heavy (non-hydrogen) atoms. The van der Waals surface area contributed by atoms with Crippen molar-refractivity contribution in [1.82, 2.24) is 4.98 Å². The largest absolute Gasteiger partial charge is 0.388 e. The molecule has 1 atom stereocenters. The molecule has 6 rings (SSSR count). The first-order valence-electron chi connectivity index (χ1n) is 8.40. The molecule has 0 aromatic carbocycles. The van der Waals surface area contributed by atoms with Crippen molar-refractivity contribution < 1.29 is 5.11 Å². The molecule has 0 radical (unpaired) electrons. The molecule has 0 saturated heterocycles. The summed E-state index contributed by atoms with van der Waals surface area (Å²) >= 11 is 1.87. The summed E-state index contributed by atoms with van der Waals surface area (Å²) in [5.41, 5.74) is 1.65. The van der Waals surface area contributed by atoms with E-state index >= 15 is 0 Å². The monoisotopic (exact) mass is 289 g/mol. The quantitative estimate of drug-likeness (QED) is 0.848. The summed E-state index contributed by atoms with van der Waals surface area (Å²) in [7, 11) is 0. The highest BCUT2D eigenvalue weighted by Gasteiger charge is 2.53. The summed E-state index contributed by atoms with van der Waals surface area (Å²) in [6.07, 6.45) is 11.6. The Bertz CT molecular complexity index is 514. The van der Waals surface area contributed by atoms with Gasteiger partial charge in [0, 0.05) is 5.41 Å². The molecule has 5 aliphatic rings. The molecule has 1 N–H and O–H groups in total. The average molecular weight is 289 g/mol. The summed E-state index contributed by atoms with van der Waals surface area (Å²) in [4.78, 5) is 6.26. The lowest BCUT2D eigenvalue weighted by Gasteiger charge is -2.56. The van der Waals surface area contributed by atoms with Gasteiger partial charge in [-0.25, -0.2) is 4.98 Å². The second-order valence-electron chi connectivity index (χ2n) is 7.94. The minimum Gasteiger partial charge on any atom is -0.388 e. The lowest BCUT2D eigenvalue weighted by atomic mass is 9.50. The fourth-order valence-corrected chi connectivity index (χ4v) is 7.35. The van der Waals surface area contributed by atoms with E-state index in [2.05, 4.69) is 0 Å². The molecular formula is C17H23NOS. The fourth-order valence-electron chi connectivity index (χ4n) is 6.00. The van der Waals surface area contributed by atoms with Crippen LogP contribution in [-0.4, -0.2) is 10.1 Å². The highest BCUT2D eigenvalue weighted by molar-refractivity contribution is 7.12. The highest BCUT2D eigenvalue weighted by Crippen LogP contribution is 2.61. The second-order valence-corrected chi connectivity index (χ2v) is 8.97.